The summed E-state index contributed by atoms with van der Waals surface area (Å²) < 4.78 is 6.28. The van der Waals surface area contributed by atoms with E-state index in [9.17, 15) is 4.79 Å². The van der Waals surface area contributed by atoms with Gasteiger partial charge in [-0.15, -0.1) is 5.10 Å². The van der Waals surface area contributed by atoms with Gasteiger partial charge in [-0.2, -0.15) is 4.98 Å². The molecule has 0 saturated heterocycles. The van der Waals surface area contributed by atoms with Crippen molar-refractivity contribution in [3.63, 3.8) is 0 Å². The summed E-state index contributed by atoms with van der Waals surface area (Å²) >= 11 is 0. The Balaban J connectivity index is 1.97. The molecule has 0 spiro atoms. The van der Waals surface area contributed by atoms with Crippen molar-refractivity contribution in [1.29, 1.82) is 0 Å². The Morgan fingerprint density at radius 2 is 2.10 bits per heavy atom. The maximum Gasteiger partial charge on any atom is 0.278 e. The van der Waals surface area contributed by atoms with E-state index in [0.29, 0.717) is 16.7 Å². The highest BCUT2D eigenvalue weighted by Gasteiger charge is 2.22. The first-order valence-corrected chi connectivity index (χ1v) is 6.39. The van der Waals surface area contributed by atoms with Gasteiger partial charge >= 0.3 is 0 Å². The van der Waals surface area contributed by atoms with Crippen LogP contribution in [0.25, 0.3) is 10.9 Å². The van der Waals surface area contributed by atoms with E-state index in [4.69, 9.17) is 10.3 Å². The minimum absolute atomic E-state index is 0.0553. The van der Waals surface area contributed by atoms with Crippen LogP contribution in [0.3, 0.4) is 0 Å². The minimum atomic E-state index is -0.707. The van der Waals surface area contributed by atoms with Gasteiger partial charge in [0.15, 0.2) is 5.82 Å². The zero-order chi connectivity index (χ0) is 15.0. The van der Waals surface area contributed by atoms with Crippen molar-refractivity contribution in [1.82, 2.24) is 25.1 Å². The Morgan fingerprint density at radius 1 is 1.33 bits per heavy atom. The lowest BCUT2D eigenvalue weighted by molar-refractivity contribution is 0.347. The van der Waals surface area contributed by atoms with Crippen LogP contribution in [0.5, 0.6) is 0 Å². The molecule has 0 unspecified atom stereocenters. The lowest BCUT2D eigenvalue weighted by Gasteiger charge is -2.11. The molecule has 0 amide bonds. The van der Waals surface area contributed by atoms with E-state index in [1.807, 2.05) is 0 Å². The van der Waals surface area contributed by atoms with Crippen molar-refractivity contribution in [3.05, 3.63) is 46.3 Å². The summed E-state index contributed by atoms with van der Waals surface area (Å²) in [5.74, 6) is 0.634. The zero-order valence-electron chi connectivity index (χ0n) is 11.6. The molecule has 0 aliphatic carbocycles. The highest BCUT2D eigenvalue weighted by molar-refractivity contribution is 5.76. The van der Waals surface area contributed by atoms with Crippen LogP contribution in [0.4, 0.5) is 0 Å². The van der Waals surface area contributed by atoms with Crippen LogP contribution in [0, 0.1) is 0 Å². The Kier molecular flexibility index (Phi) is 3.02. The molecular weight excluding hydrogens is 272 g/mol. The number of hydrogen-bond donors (Lipinski definition) is 1. The van der Waals surface area contributed by atoms with E-state index >= 15 is 0 Å². The standard InChI is InChI=1S/C13H14N6O2/c1-13(2,14)12-15-10(21-17-12)7-19-11(20)8-5-3-4-6-9(8)16-18-19/h3-6H,7,14H2,1-2H3. The maximum absolute atomic E-state index is 12.3. The predicted molar refractivity (Wildman–Crippen MR) is 74.4 cm³/mol. The van der Waals surface area contributed by atoms with Gasteiger partial charge in [-0.05, 0) is 26.0 Å². The molecule has 108 valence electrons. The second kappa shape index (κ2) is 4.74. The second-order valence-corrected chi connectivity index (χ2v) is 5.30. The summed E-state index contributed by atoms with van der Waals surface area (Å²) in [6, 6.07) is 7.01. The third-order valence-corrected chi connectivity index (χ3v) is 2.96. The highest BCUT2D eigenvalue weighted by Crippen LogP contribution is 2.12. The quantitative estimate of drug-likeness (QED) is 0.742. The van der Waals surface area contributed by atoms with Crippen molar-refractivity contribution in [3.8, 4) is 0 Å². The van der Waals surface area contributed by atoms with Gasteiger partial charge in [0.25, 0.3) is 5.56 Å². The van der Waals surface area contributed by atoms with Crippen LogP contribution >= 0.6 is 0 Å². The summed E-state index contributed by atoms with van der Waals surface area (Å²) in [6.07, 6.45) is 0. The van der Waals surface area contributed by atoms with Crippen molar-refractivity contribution < 1.29 is 4.52 Å². The van der Waals surface area contributed by atoms with E-state index in [0.717, 1.165) is 0 Å². The van der Waals surface area contributed by atoms with Gasteiger partial charge in [-0.25, -0.2) is 4.68 Å². The van der Waals surface area contributed by atoms with Crippen LogP contribution in [0.1, 0.15) is 25.6 Å². The summed E-state index contributed by atoms with van der Waals surface area (Å²) in [5.41, 5.74) is 5.47. The number of benzene rings is 1. The molecule has 2 N–H and O–H groups in total. The molecule has 3 aromatic rings. The smallest absolute Gasteiger partial charge is 0.278 e. The van der Waals surface area contributed by atoms with Gasteiger partial charge in [0.05, 0.1) is 10.9 Å². The molecule has 3 rings (SSSR count). The van der Waals surface area contributed by atoms with Gasteiger partial charge in [0.2, 0.25) is 5.89 Å². The molecule has 0 aliphatic rings. The van der Waals surface area contributed by atoms with Crippen molar-refractivity contribution in [2.24, 2.45) is 5.73 Å². The lowest BCUT2D eigenvalue weighted by atomic mass is 10.1. The number of fused-ring (bicyclic) bond motifs is 1. The van der Waals surface area contributed by atoms with E-state index in [2.05, 4.69) is 20.5 Å². The van der Waals surface area contributed by atoms with Crippen LogP contribution in [-0.2, 0) is 12.1 Å². The topological polar surface area (TPSA) is 113 Å². The molecule has 1 aromatic carbocycles. The fraction of sp³-hybridized carbons (Fsp3) is 0.308. The van der Waals surface area contributed by atoms with Gasteiger partial charge in [-0.3, -0.25) is 4.79 Å². The molecular formula is C13H14N6O2. The third kappa shape index (κ3) is 2.52. The first-order valence-electron chi connectivity index (χ1n) is 6.39. The second-order valence-electron chi connectivity index (χ2n) is 5.30. The first kappa shape index (κ1) is 13.4. The molecule has 0 fully saturated rings. The first-order chi connectivity index (χ1) is 9.95. The van der Waals surface area contributed by atoms with Crippen molar-refractivity contribution >= 4 is 10.9 Å². The van der Waals surface area contributed by atoms with Crippen molar-refractivity contribution in [2.75, 3.05) is 0 Å². The van der Waals surface area contributed by atoms with Gasteiger partial charge < -0.3 is 10.3 Å². The Morgan fingerprint density at radius 3 is 2.81 bits per heavy atom. The molecule has 8 heteroatoms. The number of nitrogens with two attached hydrogens (primary N) is 1. The van der Waals surface area contributed by atoms with Gasteiger partial charge in [-0.1, -0.05) is 22.5 Å². The third-order valence-electron chi connectivity index (χ3n) is 2.96. The SMILES string of the molecule is CC(C)(N)c1noc(Cn2nnc3ccccc3c2=O)n1. The van der Waals surface area contributed by atoms with Gasteiger partial charge in [0.1, 0.15) is 12.1 Å². The monoisotopic (exact) mass is 286 g/mol. The number of hydrogen-bond acceptors (Lipinski definition) is 7. The van der Waals surface area contributed by atoms with Crippen LogP contribution < -0.4 is 11.3 Å². The minimum Gasteiger partial charge on any atom is -0.337 e. The molecule has 0 atom stereocenters. The molecule has 0 radical (unpaired) electrons. The Labute approximate surface area is 119 Å². The lowest BCUT2D eigenvalue weighted by Crippen LogP contribution is -2.30. The maximum atomic E-state index is 12.3. The summed E-state index contributed by atoms with van der Waals surface area (Å²) in [7, 11) is 0. The Hall–Kier alpha value is -2.61. The van der Waals surface area contributed by atoms with E-state index in [1.54, 1.807) is 38.1 Å². The zero-order valence-corrected chi connectivity index (χ0v) is 11.6. The highest BCUT2D eigenvalue weighted by atomic mass is 16.5. The molecule has 0 aliphatic heterocycles. The molecule has 8 nitrogen and oxygen atoms in total. The molecule has 2 aromatic heterocycles. The Bertz CT molecular complexity index is 845. The van der Waals surface area contributed by atoms with Gasteiger partial charge in [0, 0.05) is 0 Å². The predicted octanol–water partition coefficient (Wildman–Crippen LogP) is 0.417. The van der Waals surface area contributed by atoms with Crippen LogP contribution in [-0.4, -0.2) is 25.1 Å². The molecule has 21 heavy (non-hydrogen) atoms. The fourth-order valence-corrected chi connectivity index (χ4v) is 1.84. The molecule has 2 heterocycles. The molecule has 0 bridgehead atoms. The van der Waals surface area contributed by atoms with E-state index in [-0.39, 0.29) is 18.0 Å². The van der Waals surface area contributed by atoms with E-state index < -0.39 is 5.54 Å². The summed E-state index contributed by atoms with van der Waals surface area (Å²) in [6.45, 7) is 3.59. The van der Waals surface area contributed by atoms with Crippen LogP contribution in [0.2, 0.25) is 0 Å². The fourth-order valence-electron chi connectivity index (χ4n) is 1.84. The summed E-state index contributed by atoms with van der Waals surface area (Å²) in [4.78, 5) is 16.5. The largest absolute Gasteiger partial charge is 0.337 e. The summed E-state index contributed by atoms with van der Waals surface area (Å²) in [5, 5.41) is 12.2. The number of rotatable bonds is 3. The van der Waals surface area contributed by atoms with E-state index in [1.165, 1.54) is 4.68 Å². The molecule has 0 saturated carbocycles. The average molecular weight is 286 g/mol. The number of aromatic nitrogens is 5. The normalized spacial score (nSPS) is 12.0. The number of nitrogens with zero attached hydrogens (tertiary/aromatic N) is 5. The van der Waals surface area contributed by atoms with Crippen LogP contribution in [0.15, 0.2) is 33.6 Å². The average Bonchev–Trinajstić information content (AvgIpc) is 2.91. The van der Waals surface area contributed by atoms with Crippen molar-refractivity contribution in [2.45, 2.75) is 25.9 Å².